The molecule has 2 fully saturated rings. The van der Waals surface area contributed by atoms with Crippen molar-refractivity contribution < 1.29 is 27.8 Å². The standard InChI is InChI=1S/C29H30F2N2O4/c1-28(2)13-19-14-29(3,16-28)17-33(19)25(34)15-36-26(35)22-12-24(32-23-7-5-4-6-21(22)23)18-8-10-20(11-9-18)37-27(30)31/h4-12,19,27H,13-17H2,1-3H3/t19-,29-/m0/s1. The van der Waals surface area contributed by atoms with Crippen LogP contribution in [0.4, 0.5) is 8.78 Å². The van der Waals surface area contributed by atoms with E-state index in [4.69, 9.17) is 4.74 Å². The summed E-state index contributed by atoms with van der Waals surface area (Å²) in [6, 6.07) is 15.0. The summed E-state index contributed by atoms with van der Waals surface area (Å²) >= 11 is 0. The van der Waals surface area contributed by atoms with E-state index in [9.17, 15) is 18.4 Å². The molecule has 1 aliphatic heterocycles. The fourth-order valence-electron chi connectivity index (χ4n) is 6.34. The number of hydrogen-bond acceptors (Lipinski definition) is 5. The summed E-state index contributed by atoms with van der Waals surface area (Å²) in [5, 5.41) is 0.604. The lowest BCUT2D eigenvalue weighted by Crippen LogP contribution is -2.39. The average Bonchev–Trinajstić information content (AvgIpc) is 3.10. The maximum atomic E-state index is 13.2. The number of pyridine rings is 1. The van der Waals surface area contributed by atoms with Crippen molar-refractivity contribution in [2.24, 2.45) is 10.8 Å². The highest BCUT2D eigenvalue weighted by Crippen LogP contribution is 2.52. The Morgan fingerprint density at radius 3 is 2.54 bits per heavy atom. The van der Waals surface area contributed by atoms with E-state index in [2.05, 4.69) is 30.5 Å². The maximum absolute atomic E-state index is 13.2. The van der Waals surface area contributed by atoms with Crippen LogP contribution in [0.25, 0.3) is 22.2 Å². The van der Waals surface area contributed by atoms with Crippen molar-refractivity contribution >= 4 is 22.8 Å². The minimum atomic E-state index is -2.91. The Bertz CT molecular complexity index is 1340. The van der Waals surface area contributed by atoms with Gasteiger partial charge >= 0.3 is 12.6 Å². The number of likely N-dealkylation sites (tertiary alicyclic amines) is 1. The van der Waals surface area contributed by atoms with Gasteiger partial charge in [-0.2, -0.15) is 8.78 Å². The Kier molecular flexibility index (Phi) is 6.38. The van der Waals surface area contributed by atoms with Crippen LogP contribution in [-0.2, 0) is 9.53 Å². The molecule has 1 saturated heterocycles. The lowest BCUT2D eigenvalue weighted by Gasteiger charge is -2.39. The van der Waals surface area contributed by atoms with Crippen LogP contribution in [0.5, 0.6) is 5.75 Å². The molecule has 0 unspecified atom stereocenters. The van der Waals surface area contributed by atoms with Gasteiger partial charge in [-0.3, -0.25) is 4.79 Å². The summed E-state index contributed by atoms with van der Waals surface area (Å²) < 4.78 is 34.9. The summed E-state index contributed by atoms with van der Waals surface area (Å²) in [7, 11) is 0. The largest absolute Gasteiger partial charge is 0.452 e. The van der Waals surface area contributed by atoms with Crippen molar-refractivity contribution in [3.05, 3.63) is 60.2 Å². The molecule has 0 spiro atoms. The summed E-state index contributed by atoms with van der Waals surface area (Å²) in [6.07, 6.45) is 3.00. The van der Waals surface area contributed by atoms with Crippen molar-refractivity contribution in [1.29, 1.82) is 0 Å². The number of hydrogen-bond donors (Lipinski definition) is 0. The summed E-state index contributed by atoms with van der Waals surface area (Å²) in [6.45, 7) is 4.18. The molecule has 1 aliphatic carbocycles. The lowest BCUT2D eigenvalue weighted by atomic mass is 9.65. The smallest absolute Gasteiger partial charge is 0.387 e. The topological polar surface area (TPSA) is 68.7 Å². The zero-order valence-corrected chi connectivity index (χ0v) is 21.2. The number of para-hydroxylation sites is 1. The monoisotopic (exact) mass is 508 g/mol. The first kappa shape index (κ1) is 25.1. The van der Waals surface area contributed by atoms with E-state index in [1.165, 1.54) is 12.1 Å². The Hall–Kier alpha value is -3.55. The summed E-state index contributed by atoms with van der Waals surface area (Å²) in [5.74, 6) is -0.756. The second kappa shape index (κ2) is 9.39. The molecule has 194 valence electrons. The molecule has 1 saturated carbocycles. The zero-order valence-electron chi connectivity index (χ0n) is 21.2. The number of nitrogens with zero attached hydrogens (tertiary/aromatic N) is 2. The van der Waals surface area contributed by atoms with Gasteiger partial charge in [0.15, 0.2) is 6.61 Å². The molecule has 37 heavy (non-hydrogen) atoms. The normalized spacial score (nSPS) is 22.3. The van der Waals surface area contributed by atoms with E-state index >= 15 is 0 Å². The first-order valence-corrected chi connectivity index (χ1v) is 12.4. The predicted octanol–water partition coefficient (Wildman–Crippen LogP) is 6.09. The van der Waals surface area contributed by atoms with E-state index in [-0.39, 0.29) is 40.7 Å². The Morgan fingerprint density at radius 2 is 1.81 bits per heavy atom. The average molecular weight is 509 g/mol. The van der Waals surface area contributed by atoms with Crippen LogP contribution in [0, 0.1) is 10.8 Å². The number of carbonyl (C=O) groups excluding carboxylic acids is 2. The number of ether oxygens (including phenoxy) is 2. The van der Waals surface area contributed by atoms with Crippen LogP contribution in [0.1, 0.15) is 50.4 Å². The van der Waals surface area contributed by atoms with E-state index in [0.717, 1.165) is 19.3 Å². The van der Waals surface area contributed by atoms with E-state index in [1.807, 2.05) is 11.0 Å². The highest BCUT2D eigenvalue weighted by Gasteiger charge is 2.50. The number of alkyl halides is 2. The van der Waals surface area contributed by atoms with Gasteiger partial charge in [0.1, 0.15) is 5.75 Å². The first-order chi connectivity index (χ1) is 17.5. The fourth-order valence-corrected chi connectivity index (χ4v) is 6.34. The van der Waals surface area contributed by atoms with Crippen molar-refractivity contribution in [3.8, 4) is 17.0 Å². The van der Waals surface area contributed by atoms with Gasteiger partial charge in [-0.15, -0.1) is 0 Å². The number of carbonyl (C=O) groups is 2. The van der Waals surface area contributed by atoms with E-state index < -0.39 is 12.6 Å². The fraction of sp³-hybridized carbons (Fsp3) is 0.414. The molecule has 2 bridgehead atoms. The zero-order chi connectivity index (χ0) is 26.4. The molecule has 1 amide bonds. The van der Waals surface area contributed by atoms with Gasteiger partial charge in [0, 0.05) is 23.5 Å². The van der Waals surface area contributed by atoms with Gasteiger partial charge in [-0.1, -0.05) is 39.0 Å². The van der Waals surface area contributed by atoms with Crippen molar-refractivity contribution in [2.75, 3.05) is 13.2 Å². The maximum Gasteiger partial charge on any atom is 0.387 e. The second-order valence-corrected chi connectivity index (χ2v) is 11.3. The molecule has 8 heteroatoms. The Balaban J connectivity index is 1.35. The summed E-state index contributed by atoms with van der Waals surface area (Å²) in [4.78, 5) is 32.8. The quantitative estimate of drug-likeness (QED) is 0.377. The van der Waals surface area contributed by atoms with Crippen molar-refractivity contribution in [2.45, 2.75) is 52.7 Å². The molecular formula is C29H30F2N2O4. The van der Waals surface area contributed by atoms with Gasteiger partial charge in [0.05, 0.1) is 16.8 Å². The van der Waals surface area contributed by atoms with Crippen LogP contribution >= 0.6 is 0 Å². The molecule has 2 aliphatic rings. The van der Waals surface area contributed by atoms with Crippen LogP contribution in [0.2, 0.25) is 0 Å². The molecule has 2 aromatic carbocycles. The van der Waals surface area contributed by atoms with Crippen LogP contribution < -0.4 is 4.74 Å². The van der Waals surface area contributed by atoms with Gasteiger partial charge in [0.2, 0.25) is 0 Å². The third-order valence-corrected chi connectivity index (χ3v) is 7.37. The van der Waals surface area contributed by atoms with Crippen LogP contribution in [0.15, 0.2) is 54.6 Å². The SMILES string of the molecule is CC1(C)C[C@H]2C[C@](C)(CN2C(=O)COC(=O)c2cc(-c3ccc(OC(F)F)cc3)nc3ccccc23)C1. The molecule has 2 heterocycles. The van der Waals surface area contributed by atoms with E-state index in [1.54, 1.807) is 36.4 Å². The van der Waals surface area contributed by atoms with Crippen LogP contribution in [-0.4, -0.2) is 47.6 Å². The number of rotatable bonds is 6. The predicted molar refractivity (Wildman–Crippen MR) is 135 cm³/mol. The van der Waals surface area contributed by atoms with E-state index in [0.29, 0.717) is 28.7 Å². The van der Waals surface area contributed by atoms with Crippen LogP contribution in [0.3, 0.4) is 0 Å². The minimum Gasteiger partial charge on any atom is -0.452 e. The molecule has 5 rings (SSSR count). The molecule has 6 nitrogen and oxygen atoms in total. The number of fused-ring (bicyclic) bond motifs is 3. The van der Waals surface area contributed by atoms with Gasteiger partial charge < -0.3 is 14.4 Å². The molecule has 1 aromatic heterocycles. The molecular weight excluding hydrogens is 478 g/mol. The Morgan fingerprint density at radius 1 is 1.08 bits per heavy atom. The highest BCUT2D eigenvalue weighted by molar-refractivity contribution is 6.05. The van der Waals surface area contributed by atoms with Gasteiger partial charge in [0.25, 0.3) is 5.91 Å². The lowest BCUT2D eigenvalue weighted by molar-refractivity contribution is -0.135. The number of benzene rings is 2. The molecule has 3 aromatic rings. The van der Waals surface area contributed by atoms with Crippen molar-refractivity contribution in [3.63, 3.8) is 0 Å². The van der Waals surface area contributed by atoms with Crippen molar-refractivity contribution in [1.82, 2.24) is 9.88 Å². The number of halogens is 2. The highest BCUT2D eigenvalue weighted by atomic mass is 19.3. The number of amides is 1. The summed E-state index contributed by atoms with van der Waals surface area (Å²) in [5.41, 5.74) is 2.24. The van der Waals surface area contributed by atoms with Gasteiger partial charge in [-0.05, 0) is 66.5 Å². The Labute approximate surface area is 214 Å². The van der Waals surface area contributed by atoms with Gasteiger partial charge in [-0.25, -0.2) is 9.78 Å². The molecule has 0 N–H and O–H groups in total. The minimum absolute atomic E-state index is 0.0290. The first-order valence-electron chi connectivity index (χ1n) is 12.4. The molecule has 2 atom stereocenters. The molecule has 0 radical (unpaired) electrons. The number of aromatic nitrogens is 1. The number of esters is 1. The third-order valence-electron chi connectivity index (χ3n) is 7.37. The second-order valence-electron chi connectivity index (χ2n) is 11.3. The third kappa shape index (κ3) is 5.29.